The molecule has 0 N–H and O–H groups in total. The van der Waals surface area contributed by atoms with Crippen LogP contribution in [-0.4, -0.2) is 6.29 Å². The Hall–Kier alpha value is -0.840. The van der Waals surface area contributed by atoms with E-state index in [1.165, 1.54) is 0 Å². The van der Waals surface area contributed by atoms with E-state index in [9.17, 15) is 4.79 Å². The first-order valence-electron chi connectivity index (χ1n) is 3.05. The lowest BCUT2D eigenvalue weighted by molar-refractivity contribution is 0.446. The molecule has 0 saturated carbocycles. The molecule has 0 atom stereocenters. The van der Waals surface area contributed by atoms with Crippen LogP contribution in [0.15, 0.2) is 0 Å². The molecule has 0 unspecified atom stereocenters. The molecule has 0 spiro atoms. The lowest BCUT2D eigenvalue weighted by atomic mass is 9.86. The summed E-state index contributed by atoms with van der Waals surface area (Å²) >= 11 is 0. The molecule has 49 valence electrons. The SMILES string of the molecule is CCC([C]=O)(C#N)CC. The van der Waals surface area contributed by atoms with Crippen LogP contribution in [-0.2, 0) is 4.79 Å². The van der Waals surface area contributed by atoms with Crippen molar-refractivity contribution in [3.05, 3.63) is 0 Å². The van der Waals surface area contributed by atoms with Gasteiger partial charge in [-0.3, -0.25) is 4.79 Å². The van der Waals surface area contributed by atoms with Crippen molar-refractivity contribution in [2.75, 3.05) is 0 Å². The highest BCUT2D eigenvalue weighted by Gasteiger charge is 2.25. The minimum atomic E-state index is -0.833. The van der Waals surface area contributed by atoms with Gasteiger partial charge in [0.25, 0.3) is 0 Å². The Morgan fingerprint density at radius 2 is 1.89 bits per heavy atom. The first-order valence-corrected chi connectivity index (χ1v) is 3.05. The zero-order valence-electron chi connectivity index (χ0n) is 5.77. The molecule has 0 aliphatic rings. The molecular formula is C7H10NO. The van der Waals surface area contributed by atoms with E-state index in [0.717, 1.165) is 0 Å². The summed E-state index contributed by atoms with van der Waals surface area (Å²) < 4.78 is 0. The molecule has 0 aliphatic heterocycles. The standard InChI is InChI=1S/C7H10NO/c1-3-7(4-2,5-8)6-9/h3-4H2,1-2H3. The molecule has 0 heterocycles. The fourth-order valence-electron chi connectivity index (χ4n) is 0.575. The topological polar surface area (TPSA) is 40.9 Å². The Bertz CT molecular complexity index is 130. The molecule has 0 fully saturated rings. The van der Waals surface area contributed by atoms with Crippen molar-refractivity contribution >= 4 is 6.29 Å². The Morgan fingerprint density at radius 1 is 1.44 bits per heavy atom. The first-order chi connectivity index (χ1) is 4.24. The van der Waals surface area contributed by atoms with Gasteiger partial charge in [0.05, 0.1) is 6.07 Å². The second-order valence-corrected chi connectivity index (χ2v) is 2.00. The quantitative estimate of drug-likeness (QED) is 0.571. The van der Waals surface area contributed by atoms with Crippen molar-refractivity contribution in [2.24, 2.45) is 5.41 Å². The maximum Gasteiger partial charge on any atom is 0.220 e. The average molecular weight is 124 g/mol. The van der Waals surface area contributed by atoms with E-state index < -0.39 is 5.41 Å². The second-order valence-electron chi connectivity index (χ2n) is 2.00. The van der Waals surface area contributed by atoms with Crippen molar-refractivity contribution in [3.8, 4) is 6.07 Å². The molecule has 2 heteroatoms. The van der Waals surface area contributed by atoms with Gasteiger partial charge in [0.1, 0.15) is 5.41 Å². The molecule has 0 aromatic carbocycles. The smallest absolute Gasteiger partial charge is 0.220 e. The van der Waals surface area contributed by atoms with Gasteiger partial charge in [0, 0.05) is 0 Å². The molecule has 0 rings (SSSR count). The van der Waals surface area contributed by atoms with Crippen molar-refractivity contribution in [3.63, 3.8) is 0 Å². The second kappa shape index (κ2) is 3.24. The number of carbonyl (C=O) groups excluding carboxylic acids is 1. The fourth-order valence-corrected chi connectivity index (χ4v) is 0.575. The van der Waals surface area contributed by atoms with Crippen LogP contribution in [0.4, 0.5) is 0 Å². The molecule has 1 radical (unpaired) electrons. The summed E-state index contributed by atoms with van der Waals surface area (Å²) in [7, 11) is 0. The van der Waals surface area contributed by atoms with Crippen molar-refractivity contribution in [2.45, 2.75) is 26.7 Å². The number of nitriles is 1. The average Bonchev–Trinajstić information content (AvgIpc) is 1.95. The summed E-state index contributed by atoms with van der Waals surface area (Å²) in [5.41, 5.74) is -0.833. The molecular weight excluding hydrogens is 114 g/mol. The predicted molar refractivity (Wildman–Crippen MR) is 34.3 cm³/mol. The molecule has 0 saturated heterocycles. The van der Waals surface area contributed by atoms with Crippen LogP contribution in [0.5, 0.6) is 0 Å². The summed E-state index contributed by atoms with van der Waals surface area (Å²) in [4.78, 5) is 10.2. The van der Waals surface area contributed by atoms with Crippen LogP contribution in [0.1, 0.15) is 26.7 Å². The molecule has 0 aromatic heterocycles. The van der Waals surface area contributed by atoms with Gasteiger partial charge in [0.15, 0.2) is 0 Å². The molecule has 0 aliphatic carbocycles. The lowest BCUT2D eigenvalue weighted by Crippen LogP contribution is -2.17. The van der Waals surface area contributed by atoms with E-state index in [-0.39, 0.29) is 0 Å². The highest BCUT2D eigenvalue weighted by atomic mass is 16.1. The van der Waals surface area contributed by atoms with Gasteiger partial charge in [-0.1, -0.05) is 13.8 Å². The Morgan fingerprint density at radius 3 is 1.89 bits per heavy atom. The van der Waals surface area contributed by atoms with E-state index in [0.29, 0.717) is 12.8 Å². The highest BCUT2D eigenvalue weighted by molar-refractivity contribution is 5.64. The zero-order chi connectivity index (χ0) is 7.33. The monoisotopic (exact) mass is 124 g/mol. The Kier molecular flexibility index (Phi) is 2.94. The van der Waals surface area contributed by atoms with Crippen LogP contribution < -0.4 is 0 Å². The van der Waals surface area contributed by atoms with Crippen molar-refractivity contribution in [1.29, 1.82) is 5.26 Å². The maximum absolute atomic E-state index is 10.2. The van der Waals surface area contributed by atoms with Crippen LogP contribution in [0.2, 0.25) is 0 Å². The largest absolute Gasteiger partial charge is 0.289 e. The maximum atomic E-state index is 10.2. The predicted octanol–water partition coefficient (Wildman–Crippen LogP) is 1.43. The van der Waals surface area contributed by atoms with Crippen LogP contribution >= 0.6 is 0 Å². The molecule has 9 heavy (non-hydrogen) atoms. The van der Waals surface area contributed by atoms with E-state index in [2.05, 4.69) is 0 Å². The molecule has 0 bridgehead atoms. The Balaban J connectivity index is 4.21. The normalized spacial score (nSPS) is 10.3. The summed E-state index contributed by atoms with van der Waals surface area (Å²) in [6.07, 6.45) is 2.87. The van der Waals surface area contributed by atoms with Gasteiger partial charge in [-0.15, -0.1) is 0 Å². The van der Waals surface area contributed by atoms with Crippen LogP contribution in [0, 0.1) is 16.7 Å². The summed E-state index contributed by atoms with van der Waals surface area (Å²) in [6, 6.07) is 1.94. The third kappa shape index (κ3) is 1.53. The molecule has 2 nitrogen and oxygen atoms in total. The van der Waals surface area contributed by atoms with E-state index in [4.69, 9.17) is 5.26 Å². The van der Waals surface area contributed by atoms with Gasteiger partial charge in [-0.2, -0.15) is 5.26 Å². The van der Waals surface area contributed by atoms with Gasteiger partial charge < -0.3 is 0 Å². The van der Waals surface area contributed by atoms with Crippen LogP contribution in [0.3, 0.4) is 0 Å². The van der Waals surface area contributed by atoms with Crippen LogP contribution in [0.25, 0.3) is 0 Å². The highest BCUT2D eigenvalue weighted by Crippen LogP contribution is 2.21. The summed E-state index contributed by atoms with van der Waals surface area (Å²) in [5.74, 6) is 0. The van der Waals surface area contributed by atoms with E-state index in [1.807, 2.05) is 19.9 Å². The van der Waals surface area contributed by atoms with Gasteiger partial charge in [-0.25, -0.2) is 0 Å². The Labute approximate surface area is 55.5 Å². The number of rotatable bonds is 3. The summed E-state index contributed by atoms with van der Waals surface area (Å²) in [5, 5.41) is 8.46. The van der Waals surface area contributed by atoms with Crippen molar-refractivity contribution in [1.82, 2.24) is 0 Å². The van der Waals surface area contributed by atoms with Gasteiger partial charge in [-0.05, 0) is 12.8 Å². The third-order valence-electron chi connectivity index (χ3n) is 1.62. The lowest BCUT2D eigenvalue weighted by Gasteiger charge is -2.11. The fraction of sp³-hybridized carbons (Fsp3) is 0.714. The minimum Gasteiger partial charge on any atom is -0.289 e. The first kappa shape index (κ1) is 8.16. The number of hydrogen-bond acceptors (Lipinski definition) is 2. The summed E-state index contributed by atoms with van der Waals surface area (Å²) in [6.45, 7) is 3.63. The number of hydrogen-bond donors (Lipinski definition) is 0. The molecule has 0 aromatic rings. The van der Waals surface area contributed by atoms with E-state index in [1.54, 1.807) is 6.29 Å². The van der Waals surface area contributed by atoms with E-state index >= 15 is 0 Å². The van der Waals surface area contributed by atoms with Gasteiger partial charge >= 0.3 is 0 Å². The third-order valence-corrected chi connectivity index (χ3v) is 1.62. The minimum absolute atomic E-state index is 0.559. The molecule has 0 amide bonds. The number of nitrogens with zero attached hydrogens (tertiary/aromatic N) is 1. The van der Waals surface area contributed by atoms with Crippen molar-refractivity contribution < 1.29 is 4.79 Å². The van der Waals surface area contributed by atoms with Gasteiger partial charge in [0.2, 0.25) is 6.29 Å². The zero-order valence-corrected chi connectivity index (χ0v) is 5.77.